The Kier molecular flexibility index (Phi) is 10.1. The van der Waals surface area contributed by atoms with Crippen molar-refractivity contribution in [3.8, 4) is 0 Å². The molecular weight excluding hydrogens is 878 g/mol. The number of nitro benzene ring substituents is 2. The number of anilines is 2. The number of rotatable bonds is 9. The highest BCUT2D eigenvalue weighted by atomic mass is 127. The minimum Gasteiger partial charge on any atom is -0.478 e. The molecular formula is C26H16I2N4O10S3. The van der Waals surface area contributed by atoms with Crippen molar-refractivity contribution in [3.63, 3.8) is 0 Å². The zero-order chi connectivity index (χ0) is 33.3. The van der Waals surface area contributed by atoms with Crippen molar-refractivity contribution in [1.82, 2.24) is 0 Å². The first-order valence-electron chi connectivity index (χ1n) is 12.0. The smallest absolute Gasteiger partial charge is 0.336 e. The number of non-ortho nitro benzene ring substituents is 2. The van der Waals surface area contributed by atoms with Gasteiger partial charge in [-0.3, -0.25) is 20.2 Å². The van der Waals surface area contributed by atoms with E-state index in [0.29, 0.717) is 8.61 Å². The lowest BCUT2D eigenvalue weighted by Gasteiger charge is -2.33. The van der Waals surface area contributed by atoms with E-state index in [0.717, 1.165) is 60.7 Å². The molecule has 4 aromatic carbocycles. The molecule has 14 nitrogen and oxygen atoms in total. The summed E-state index contributed by atoms with van der Waals surface area (Å²) in [6.07, 6.45) is 0. The fourth-order valence-electron chi connectivity index (χ4n) is 3.88. The van der Waals surface area contributed by atoms with Crippen LogP contribution in [-0.4, -0.2) is 42.9 Å². The van der Waals surface area contributed by atoms with Crippen LogP contribution in [-0.2, 0) is 20.0 Å². The Bertz CT molecular complexity index is 2060. The largest absolute Gasteiger partial charge is 0.478 e. The van der Waals surface area contributed by atoms with E-state index in [1.165, 1.54) is 24.3 Å². The van der Waals surface area contributed by atoms with Crippen molar-refractivity contribution in [2.75, 3.05) is 8.61 Å². The number of halogens is 2. The van der Waals surface area contributed by atoms with Crippen LogP contribution in [0.2, 0.25) is 0 Å². The maximum Gasteiger partial charge on any atom is 0.336 e. The molecule has 19 heteroatoms. The second-order valence-electron chi connectivity index (χ2n) is 8.72. The molecule has 0 radical (unpaired) electrons. The van der Waals surface area contributed by atoms with Crippen LogP contribution in [0.4, 0.5) is 22.7 Å². The van der Waals surface area contributed by atoms with Crippen molar-refractivity contribution in [2.45, 2.75) is 9.79 Å². The third-order valence-electron chi connectivity index (χ3n) is 6.02. The van der Waals surface area contributed by atoms with E-state index in [9.17, 15) is 47.0 Å². The van der Waals surface area contributed by atoms with Crippen LogP contribution in [0.5, 0.6) is 0 Å². The number of hydrogen-bond acceptors (Lipinski definition) is 10. The van der Waals surface area contributed by atoms with Crippen molar-refractivity contribution >= 4 is 111 Å². The quantitative estimate of drug-likeness (QED) is 0.0925. The van der Waals surface area contributed by atoms with E-state index in [1.54, 1.807) is 51.2 Å². The molecule has 0 aliphatic rings. The second-order valence-corrected chi connectivity index (χ2v) is 14.8. The van der Waals surface area contributed by atoms with E-state index in [4.69, 9.17) is 12.2 Å². The van der Waals surface area contributed by atoms with Gasteiger partial charge < -0.3 is 5.11 Å². The van der Waals surface area contributed by atoms with Gasteiger partial charge in [0.2, 0.25) is 5.11 Å². The Morgan fingerprint density at radius 2 is 1.13 bits per heavy atom. The second kappa shape index (κ2) is 13.3. The number of carbonyl (C=O) groups is 1. The van der Waals surface area contributed by atoms with E-state index in [-0.39, 0.29) is 24.1 Å². The van der Waals surface area contributed by atoms with Gasteiger partial charge in [0.1, 0.15) is 0 Å². The summed E-state index contributed by atoms with van der Waals surface area (Å²) < 4.78 is 58.2. The molecule has 0 saturated heterocycles. The van der Waals surface area contributed by atoms with Crippen molar-refractivity contribution in [2.24, 2.45) is 0 Å². The monoisotopic (exact) mass is 894 g/mol. The molecule has 0 amide bonds. The molecule has 4 aromatic rings. The highest BCUT2D eigenvalue weighted by Gasteiger charge is 2.39. The Balaban J connectivity index is 2.02. The summed E-state index contributed by atoms with van der Waals surface area (Å²) in [5, 5.41) is 31.2. The van der Waals surface area contributed by atoms with Crippen molar-refractivity contribution in [3.05, 3.63) is 124 Å². The van der Waals surface area contributed by atoms with Crippen molar-refractivity contribution in [1.29, 1.82) is 0 Å². The number of hydrogen-bond donors (Lipinski definition) is 1. The van der Waals surface area contributed by atoms with Gasteiger partial charge >= 0.3 is 5.97 Å². The number of para-hydroxylation sites is 1. The molecule has 0 spiro atoms. The zero-order valence-electron chi connectivity index (χ0n) is 22.1. The lowest BCUT2D eigenvalue weighted by Crippen LogP contribution is -2.49. The van der Waals surface area contributed by atoms with Crippen LogP contribution in [0, 0.1) is 27.4 Å². The average Bonchev–Trinajstić information content (AvgIpc) is 2.99. The predicted molar refractivity (Wildman–Crippen MR) is 183 cm³/mol. The summed E-state index contributed by atoms with van der Waals surface area (Å²) in [7, 11) is -9.64. The van der Waals surface area contributed by atoms with Gasteiger partial charge in [-0.15, -0.1) is 0 Å². The standard InChI is InChI=1S/C26H16I2N4O10S3/c27-23-21(25(33)34)14-15-22(24(23)28)30(45(41,42)20-12-8-18(9-13-20)32(37)38)26(43)29(16-4-2-1-3-5-16)44(39,40)19-10-6-17(7-11-19)31(35)36/h1-15H,(H,33,34). The first kappa shape index (κ1) is 34.1. The lowest BCUT2D eigenvalue weighted by molar-refractivity contribution is -0.385. The van der Waals surface area contributed by atoms with Gasteiger partial charge in [-0.05, 0) is 106 Å². The third-order valence-corrected chi connectivity index (χ3v) is 13.3. The summed E-state index contributed by atoms with van der Waals surface area (Å²) in [4.78, 5) is 31.8. The number of carboxylic acid groups (broad SMARTS) is 1. The molecule has 232 valence electrons. The molecule has 1 N–H and O–H groups in total. The average molecular weight is 894 g/mol. The highest BCUT2D eigenvalue weighted by Crippen LogP contribution is 2.37. The topological polar surface area (TPSA) is 198 Å². The van der Waals surface area contributed by atoms with E-state index >= 15 is 0 Å². The summed E-state index contributed by atoms with van der Waals surface area (Å²) in [6, 6.07) is 17.1. The Labute approximate surface area is 288 Å². The molecule has 0 atom stereocenters. The van der Waals surface area contributed by atoms with Crippen molar-refractivity contribution < 1.29 is 36.6 Å². The molecule has 0 saturated carbocycles. The molecule has 4 rings (SSSR count). The minimum atomic E-state index is -4.86. The van der Waals surface area contributed by atoms with Gasteiger partial charge in [0, 0.05) is 27.8 Å². The number of benzene rings is 4. The fraction of sp³-hybridized carbons (Fsp3) is 0. The maximum absolute atomic E-state index is 14.3. The summed E-state index contributed by atoms with van der Waals surface area (Å²) in [6.45, 7) is 0. The molecule has 0 unspecified atom stereocenters. The SMILES string of the molecule is O=C(O)c1ccc(N(C(=S)N(c2ccccc2)S(=O)(=O)c2ccc([N+](=O)[O-])cc2)S(=O)(=O)c2ccc([N+](=O)[O-])cc2)c(I)c1I. The number of aromatic carboxylic acids is 1. The Hall–Kier alpha value is -3.80. The van der Waals surface area contributed by atoms with Crippen LogP contribution >= 0.6 is 57.4 Å². The van der Waals surface area contributed by atoms with Crippen LogP contribution in [0.15, 0.2) is 101 Å². The molecule has 0 aliphatic heterocycles. The van der Waals surface area contributed by atoms with Gasteiger partial charge in [0.25, 0.3) is 31.4 Å². The summed E-state index contributed by atoms with van der Waals surface area (Å²) >= 11 is 9.05. The van der Waals surface area contributed by atoms with E-state index in [1.807, 2.05) is 0 Å². The number of nitro groups is 2. The van der Waals surface area contributed by atoms with Crippen LogP contribution < -0.4 is 8.61 Å². The normalized spacial score (nSPS) is 11.4. The fourth-order valence-corrected chi connectivity index (χ4v) is 9.06. The molecule has 45 heavy (non-hydrogen) atoms. The number of carboxylic acids is 1. The van der Waals surface area contributed by atoms with Gasteiger partial charge in [-0.1, -0.05) is 18.2 Å². The van der Waals surface area contributed by atoms with Crippen LogP contribution in [0.25, 0.3) is 0 Å². The molecule has 0 aliphatic carbocycles. The molecule has 0 aromatic heterocycles. The maximum atomic E-state index is 14.3. The summed E-state index contributed by atoms with van der Waals surface area (Å²) in [5.41, 5.74) is -1.29. The lowest BCUT2D eigenvalue weighted by atomic mass is 10.2. The van der Waals surface area contributed by atoms with Crippen LogP contribution in [0.1, 0.15) is 10.4 Å². The predicted octanol–water partition coefficient (Wildman–Crippen LogP) is 5.79. The first-order chi connectivity index (χ1) is 21.1. The van der Waals surface area contributed by atoms with Gasteiger partial charge in [-0.25, -0.2) is 30.2 Å². The molecule has 0 bridgehead atoms. The van der Waals surface area contributed by atoms with E-state index in [2.05, 4.69) is 0 Å². The zero-order valence-corrected chi connectivity index (χ0v) is 28.8. The Morgan fingerprint density at radius 3 is 1.56 bits per heavy atom. The number of sulfonamides is 2. The minimum absolute atomic E-state index is 0.0849. The van der Waals surface area contributed by atoms with Crippen LogP contribution in [0.3, 0.4) is 0 Å². The number of thiocarbonyl (C=S) groups is 1. The summed E-state index contributed by atoms with van der Waals surface area (Å²) in [5.74, 6) is -1.30. The third kappa shape index (κ3) is 6.75. The van der Waals surface area contributed by atoms with Gasteiger partial charge in [0.15, 0.2) is 0 Å². The van der Waals surface area contributed by atoms with Gasteiger partial charge in [0.05, 0.1) is 40.1 Å². The first-order valence-corrected chi connectivity index (χ1v) is 17.4. The van der Waals surface area contributed by atoms with Gasteiger partial charge in [-0.2, -0.15) is 0 Å². The Morgan fingerprint density at radius 1 is 0.689 bits per heavy atom. The number of nitrogens with zero attached hydrogens (tertiary/aromatic N) is 4. The highest BCUT2D eigenvalue weighted by molar-refractivity contribution is 14.1. The van der Waals surface area contributed by atoms with E-state index < -0.39 is 62.1 Å². The molecule has 0 heterocycles. The molecule has 0 fully saturated rings.